The Labute approximate surface area is 181 Å². The summed E-state index contributed by atoms with van der Waals surface area (Å²) in [4.78, 5) is 39.4. The normalized spacial score (nSPS) is 12.6. The number of amides is 3. The predicted octanol–water partition coefficient (Wildman–Crippen LogP) is 2.65. The van der Waals surface area contributed by atoms with Crippen LogP contribution in [0, 0.1) is 6.92 Å². The number of nitrogens with zero attached hydrogens (tertiary/aromatic N) is 1. The fraction of sp³-hybridized carbons (Fsp3) is 0.348. The maximum atomic E-state index is 13.0. The van der Waals surface area contributed by atoms with Gasteiger partial charge in [0.2, 0.25) is 5.91 Å². The Balaban J connectivity index is 1.78. The Morgan fingerprint density at radius 2 is 1.61 bits per heavy atom. The van der Waals surface area contributed by atoms with Crippen LogP contribution in [0.3, 0.4) is 0 Å². The molecule has 0 unspecified atom stereocenters. The van der Waals surface area contributed by atoms with Gasteiger partial charge >= 0.3 is 11.8 Å². The van der Waals surface area contributed by atoms with Crippen LogP contribution in [-0.2, 0) is 14.4 Å². The quantitative estimate of drug-likeness (QED) is 0.734. The molecule has 3 rings (SSSR count). The van der Waals surface area contributed by atoms with Crippen LogP contribution in [0.25, 0.3) is 0 Å². The summed E-state index contributed by atoms with van der Waals surface area (Å²) in [5.74, 6) is -0.996. The Hall–Kier alpha value is -3.55. The van der Waals surface area contributed by atoms with Gasteiger partial charge in [0.1, 0.15) is 19.8 Å². The SMILES string of the molecule is Cc1ccc(N(CC(=O)NC(C)(C)C)C(=O)C(=O)Nc2ccc3c(c2)OCCO3)cc1. The lowest BCUT2D eigenvalue weighted by Crippen LogP contribution is -2.49. The number of hydrogen-bond donors (Lipinski definition) is 2. The number of ether oxygens (including phenoxy) is 2. The van der Waals surface area contributed by atoms with Gasteiger partial charge in [0, 0.05) is 23.0 Å². The van der Waals surface area contributed by atoms with Gasteiger partial charge in [0.25, 0.3) is 0 Å². The number of rotatable bonds is 4. The van der Waals surface area contributed by atoms with Crippen molar-refractivity contribution in [1.29, 1.82) is 0 Å². The van der Waals surface area contributed by atoms with Crippen molar-refractivity contribution in [3.05, 3.63) is 48.0 Å². The molecule has 0 fully saturated rings. The molecule has 0 radical (unpaired) electrons. The zero-order valence-electron chi connectivity index (χ0n) is 18.2. The molecule has 0 saturated heterocycles. The molecule has 0 saturated carbocycles. The molecule has 0 spiro atoms. The highest BCUT2D eigenvalue weighted by molar-refractivity contribution is 6.44. The smallest absolute Gasteiger partial charge is 0.317 e. The van der Waals surface area contributed by atoms with E-state index in [1.807, 2.05) is 39.8 Å². The van der Waals surface area contributed by atoms with Crippen molar-refractivity contribution in [2.24, 2.45) is 0 Å². The van der Waals surface area contributed by atoms with Crippen LogP contribution in [0.5, 0.6) is 11.5 Å². The van der Waals surface area contributed by atoms with Crippen molar-refractivity contribution < 1.29 is 23.9 Å². The summed E-state index contributed by atoms with van der Waals surface area (Å²) < 4.78 is 11.0. The van der Waals surface area contributed by atoms with Gasteiger partial charge in [-0.25, -0.2) is 0 Å². The van der Waals surface area contributed by atoms with Gasteiger partial charge in [-0.15, -0.1) is 0 Å². The van der Waals surface area contributed by atoms with Gasteiger partial charge in [0.05, 0.1) is 0 Å². The maximum Gasteiger partial charge on any atom is 0.317 e. The molecule has 3 amide bonds. The lowest BCUT2D eigenvalue weighted by atomic mass is 10.1. The van der Waals surface area contributed by atoms with E-state index in [0.29, 0.717) is 36.1 Å². The van der Waals surface area contributed by atoms with Crippen molar-refractivity contribution in [2.75, 3.05) is 30.0 Å². The molecule has 2 aromatic rings. The molecule has 8 nitrogen and oxygen atoms in total. The molecule has 164 valence electrons. The van der Waals surface area contributed by atoms with E-state index in [-0.39, 0.29) is 12.5 Å². The third-order valence-corrected chi connectivity index (χ3v) is 4.40. The first-order valence-corrected chi connectivity index (χ1v) is 10.0. The van der Waals surface area contributed by atoms with Crippen molar-refractivity contribution in [2.45, 2.75) is 33.2 Å². The van der Waals surface area contributed by atoms with E-state index in [0.717, 1.165) is 10.5 Å². The number of aryl methyl sites for hydroxylation is 1. The van der Waals surface area contributed by atoms with Crippen molar-refractivity contribution in [3.63, 3.8) is 0 Å². The second-order valence-corrected chi connectivity index (χ2v) is 8.34. The number of carbonyl (C=O) groups excluding carboxylic acids is 3. The zero-order valence-corrected chi connectivity index (χ0v) is 18.2. The molecule has 0 bridgehead atoms. The van der Waals surface area contributed by atoms with Crippen LogP contribution in [-0.4, -0.2) is 43.0 Å². The van der Waals surface area contributed by atoms with E-state index in [4.69, 9.17) is 9.47 Å². The van der Waals surface area contributed by atoms with Gasteiger partial charge in [-0.1, -0.05) is 17.7 Å². The van der Waals surface area contributed by atoms with E-state index in [1.165, 1.54) is 0 Å². The molecule has 2 N–H and O–H groups in total. The summed E-state index contributed by atoms with van der Waals surface area (Å²) in [6.07, 6.45) is 0. The van der Waals surface area contributed by atoms with E-state index in [9.17, 15) is 14.4 Å². The van der Waals surface area contributed by atoms with Gasteiger partial charge in [-0.05, 0) is 52.0 Å². The molecule has 31 heavy (non-hydrogen) atoms. The number of benzene rings is 2. The second kappa shape index (κ2) is 9.07. The molecule has 0 aromatic heterocycles. The van der Waals surface area contributed by atoms with Crippen LogP contribution in [0.2, 0.25) is 0 Å². The minimum Gasteiger partial charge on any atom is -0.486 e. The van der Waals surface area contributed by atoms with Gasteiger partial charge < -0.3 is 20.1 Å². The van der Waals surface area contributed by atoms with Gasteiger partial charge in [-0.2, -0.15) is 0 Å². The summed E-state index contributed by atoms with van der Waals surface area (Å²) in [7, 11) is 0. The fourth-order valence-electron chi connectivity index (χ4n) is 3.03. The fourth-order valence-corrected chi connectivity index (χ4v) is 3.03. The number of carbonyl (C=O) groups is 3. The third kappa shape index (κ3) is 5.97. The van der Waals surface area contributed by atoms with Crippen LogP contribution < -0.4 is 25.0 Å². The largest absolute Gasteiger partial charge is 0.486 e. The van der Waals surface area contributed by atoms with Crippen LogP contribution >= 0.6 is 0 Å². The molecular weight excluding hydrogens is 398 g/mol. The highest BCUT2D eigenvalue weighted by atomic mass is 16.6. The van der Waals surface area contributed by atoms with E-state index in [1.54, 1.807) is 30.3 Å². The molecule has 8 heteroatoms. The van der Waals surface area contributed by atoms with Gasteiger partial charge in [0.15, 0.2) is 11.5 Å². The lowest BCUT2D eigenvalue weighted by Gasteiger charge is -2.26. The van der Waals surface area contributed by atoms with E-state index in [2.05, 4.69) is 10.6 Å². The summed E-state index contributed by atoms with van der Waals surface area (Å²) in [6.45, 7) is 8.03. The molecule has 0 atom stereocenters. The lowest BCUT2D eigenvalue weighted by molar-refractivity contribution is -0.135. The Morgan fingerprint density at radius 1 is 0.968 bits per heavy atom. The molecule has 1 heterocycles. The Bertz CT molecular complexity index is 980. The first-order chi connectivity index (χ1) is 14.6. The second-order valence-electron chi connectivity index (χ2n) is 8.34. The summed E-state index contributed by atoms with van der Waals surface area (Å²) in [6, 6.07) is 11.9. The Kier molecular flexibility index (Phi) is 6.48. The maximum absolute atomic E-state index is 13.0. The molecule has 1 aliphatic rings. The minimum atomic E-state index is -0.860. The highest BCUT2D eigenvalue weighted by Gasteiger charge is 2.27. The van der Waals surface area contributed by atoms with Crippen LogP contribution in [0.15, 0.2) is 42.5 Å². The Morgan fingerprint density at radius 3 is 2.26 bits per heavy atom. The zero-order chi connectivity index (χ0) is 22.6. The molecular formula is C23H27N3O5. The minimum absolute atomic E-state index is 0.284. The molecule has 0 aliphatic carbocycles. The summed E-state index contributed by atoms with van der Waals surface area (Å²) >= 11 is 0. The first-order valence-electron chi connectivity index (χ1n) is 10.0. The highest BCUT2D eigenvalue weighted by Crippen LogP contribution is 2.32. The van der Waals surface area contributed by atoms with E-state index < -0.39 is 17.4 Å². The third-order valence-electron chi connectivity index (χ3n) is 4.40. The van der Waals surface area contributed by atoms with Crippen LogP contribution in [0.1, 0.15) is 26.3 Å². The number of hydrogen-bond acceptors (Lipinski definition) is 5. The topological polar surface area (TPSA) is 97.0 Å². The first kappa shape index (κ1) is 22.1. The molecule has 1 aliphatic heterocycles. The number of nitrogens with one attached hydrogen (secondary N) is 2. The van der Waals surface area contributed by atoms with Crippen molar-refractivity contribution >= 4 is 29.1 Å². The summed E-state index contributed by atoms with van der Waals surface area (Å²) in [5, 5.41) is 5.39. The number of fused-ring (bicyclic) bond motifs is 1. The standard InChI is InChI=1S/C23H27N3O5/c1-15-5-8-17(9-6-15)26(14-20(27)25-23(2,3)4)22(29)21(28)24-16-7-10-18-19(13-16)31-12-11-30-18/h5-10,13H,11-12,14H2,1-4H3,(H,24,28)(H,25,27). The van der Waals surface area contributed by atoms with Gasteiger partial charge in [-0.3, -0.25) is 19.3 Å². The molecule has 2 aromatic carbocycles. The summed E-state index contributed by atoms with van der Waals surface area (Å²) in [5.41, 5.74) is 1.38. The predicted molar refractivity (Wildman–Crippen MR) is 117 cm³/mol. The average Bonchev–Trinajstić information content (AvgIpc) is 2.71. The monoisotopic (exact) mass is 425 g/mol. The van der Waals surface area contributed by atoms with Crippen LogP contribution in [0.4, 0.5) is 11.4 Å². The van der Waals surface area contributed by atoms with E-state index >= 15 is 0 Å². The van der Waals surface area contributed by atoms with Crippen molar-refractivity contribution in [1.82, 2.24) is 5.32 Å². The number of anilines is 2. The average molecular weight is 425 g/mol. The van der Waals surface area contributed by atoms with Crippen molar-refractivity contribution in [3.8, 4) is 11.5 Å².